The highest BCUT2D eigenvalue weighted by atomic mass is 32.2. The van der Waals surface area contributed by atoms with E-state index < -0.39 is 29.6 Å². The van der Waals surface area contributed by atoms with E-state index in [1.54, 1.807) is 38.1 Å². The number of hydrogen-bond donors (Lipinski definition) is 1. The lowest BCUT2D eigenvalue weighted by Gasteiger charge is -2.30. The van der Waals surface area contributed by atoms with Gasteiger partial charge in [0.15, 0.2) is 18.1 Å². The molecule has 0 atom stereocenters. The minimum atomic E-state index is -0.567. The molecule has 0 unspecified atom stereocenters. The molecule has 40 heavy (non-hydrogen) atoms. The van der Waals surface area contributed by atoms with Crippen molar-refractivity contribution in [2.24, 2.45) is 0 Å². The Bertz CT molecular complexity index is 1310. The Labute approximate surface area is 236 Å². The van der Waals surface area contributed by atoms with Gasteiger partial charge in [0.2, 0.25) is 5.91 Å². The molecule has 12 heteroatoms. The fraction of sp³-hybridized carbons (Fsp3) is 0.357. The summed E-state index contributed by atoms with van der Waals surface area (Å²) in [4.78, 5) is 53.5. The first kappa shape index (κ1) is 29.0. The molecule has 212 valence electrons. The van der Waals surface area contributed by atoms with Crippen molar-refractivity contribution in [3.8, 4) is 11.5 Å². The lowest BCUT2D eigenvalue weighted by Crippen LogP contribution is -2.38. The average Bonchev–Trinajstić information content (AvgIpc) is 3.19. The van der Waals surface area contributed by atoms with Crippen LogP contribution in [-0.4, -0.2) is 80.6 Å². The number of esters is 1. The molecule has 2 aromatic rings. The number of imide groups is 1. The Hall–Kier alpha value is -4.03. The number of rotatable bonds is 10. The Balaban J connectivity index is 1.40. The number of benzene rings is 2. The SMILES string of the molecule is COc1cc(/C=C2\SC(=O)N(CC(=O)Nc3ccccc3N3CCOCC3)C2=O)ccc1OCC(=O)OC(C)C. The summed E-state index contributed by atoms with van der Waals surface area (Å²) < 4.78 is 21.3. The van der Waals surface area contributed by atoms with Crippen molar-refractivity contribution in [3.05, 3.63) is 52.9 Å². The molecule has 2 fully saturated rings. The first-order valence-electron chi connectivity index (χ1n) is 12.7. The molecule has 1 N–H and O–H groups in total. The molecule has 2 aliphatic rings. The van der Waals surface area contributed by atoms with E-state index in [9.17, 15) is 19.2 Å². The van der Waals surface area contributed by atoms with Crippen molar-refractivity contribution in [1.82, 2.24) is 4.90 Å². The van der Waals surface area contributed by atoms with Gasteiger partial charge < -0.3 is 29.2 Å². The standard InChI is InChI=1S/C28H31N3O8S/c1-18(2)39-26(33)17-38-22-9-8-19(14-23(22)36-3)15-24-27(34)31(28(35)40-24)16-25(32)29-20-6-4-5-7-21(20)30-10-12-37-13-11-30/h4-9,14-15,18H,10-13,16-17H2,1-3H3,(H,29,32)/b24-15-. The maximum absolute atomic E-state index is 13.0. The highest BCUT2D eigenvalue weighted by Crippen LogP contribution is 2.35. The predicted octanol–water partition coefficient (Wildman–Crippen LogP) is 3.54. The van der Waals surface area contributed by atoms with Crippen LogP contribution in [0.1, 0.15) is 19.4 Å². The Morgan fingerprint density at radius 3 is 2.58 bits per heavy atom. The van der Waals surface area contributed by atoms with E-state index in [0.717, 1.165) is 22.3 Å². The second-order valence-electron chi connectivity index (χ2n) is 9.17. The smallest absolute Gasteiger partial charge is 0.344 e. The van der Waals surface area contributed by atoms with Gasteiger partial charge in [0.25, 0.3) is 11.1 Å². The van der Waals surface area contributed by atoms with Gasteiger partial charge in [0.05, 0.1) is 42.7 Å². The molecular formula is C28H31N3O8S. The van der Waals surface area contributed by atoms with Crippen molar-refractivity contribution < 1.29 is 38.1 Å². The summed E-state index contributed by atoms with van der Waals surface area (Å²) in [7, 11) is 1.45. The van der Waals surface area contributed by atoms with Crippen molar-refractivity contribution in [2.45, 2.75) is 20.0 Å². The number of morpholine rings is 1. The molecule has 0 aromatic heterocycles. The Morgan fingerprint density at radius 2 is 1.85 bits per heavy atom. The summed E-state index contributed by atoms with van der Waals surface area (Å²) in [6, 6.07) is 12.3. The largest absolute Gasteiger partial charge is 0.493 e. The van der Waals surface area contributed by atoms with E-state index in [1.807, 2.05) is 18.2 Å². The Morgan fingerprint density at radius 1 is 1.10 bits per heavy atom. The monoisotopic (exact) mass is 569 g/mol. The summed E-state index contributed by atoms with van der Waals surface area (Å²) in [5, 5.41) is 2.29. The minimum Gasteiger partial charge on any atom is -0.493 e. The molecule has 3 amide bonds. The maximum Gasteiger partial charge on any atom is 0.344 e. The second-order valence-corrected chi connectivity index (χ2v) is 10.2. The first-order valence-corrected chi connectivity index (χ1v) is 13.5. The van der Waals surface area contributed by atoms with E-state index >= 15 is 0 Å². The van der Waals surface area contributed by atoms with Gasteiger partial charge in [0, 0.05) is 13.1 Å². The van der Waals surface area contributed by atoms with Crippen LogP contribution < -0.4 is 19.7 Å². The average molecular weight is 570 g/mol. The van der Waals surface area contributed by atoms with Crippen molar-refractivity contribution >= 4 is 52.2 Å². The normalized spacial score (nSPS) is 16.4. The lowest BCUT2D eigenvalue weighted by molar-refractivity contribution is -0.149. The number of hydrogen-bond acceptors (Lipinski definition) is 10. The summed E-state index contributed by atoms with van der Waals surface area (Å²) in [6.07, 6.45) is 1.28. The van der Waals surface area contributed by atoms with Crippen LogP contribution in [0.2, 0.25) is 0 Å². The lowest BCUT2D eigenvalue weighted by atomic mass is 10.2. The zero-order chi connectivity index (χ0) is 28.6. The molecule has 11 nitrogen and oxygen atoms in total. The van der Waals surface area contributed by atoms with E-state index in [2.05, 4.69) is 10.2 Å². The van der Waals surface area contributed by atoms with E-state index in [4.69, 9.17) is 18.9 Å². The molecule has 2 aliphatic heterocycles. The molecule has 0 spiro atoms. The number of ether oxygens (including phenoxy) is 4. The molecule has 0 saturated carbocycles. The number of para-hydroxylation sites is 2. The zero-order valence-electron chi connectivity index (χ0n) is 22.5. The first-order chi connectivity index (χ1) is 19.2. The number of methoxy groups -OCH3 is 1. The third-order valence-corrected chi connectivity index (χ3v) is 6.81. The van der Waals surface area contributed by atoms with Crippen LogP contribution in [0.3, 0.4) is 0 Å². The van der Waals surface area contributed by atoms with Gasteiger partial charge in [-0.2, -0.15) is 0 Å². The number of carbonyl (C=O) groups excluding carboxylic acids is 4. The van der Waals surface area contributed by atoms with Crippen molar-refractivity contribution in [3.63, 3.8) is 0 Å². The van der Waals surface area contributed by atoms with Crippen LogP contribution in [0, 0.1) is 0 Å². The summed E-state index contributed by atoms with van der Waals surface area (Å²) in [5.41, 5.74) is 2.03. The van der Waals surface area contributed by atoms with Gasteiger partial charge in [-0.15, -0.1) is 0 Å². The fourth-order valence-electron chi connectivity index (χ4n) is 4.11. The van der Waals surface area contributed by atoms with Crippen LogP contribution in [0.25, 0.3) is 6.08 Å². The highest BCUT2D eigenvalue weighted by Gasteiger charge is 2.36. The predicted molar refractivity (Wildman–Crippen MR) is 150 cm³/mol. The summed E-state index contributed by atoms with van der Waals surface area (Å²) in [6.45, 7) is 5.38. The second kappa shape index (κ2) is 13.4. The number of nitrogens with one attached hydrogen (secondary N) is 1. The maximum atomic E-state index is 13.0. The number of nitrogens with zero attached hydrogens (tertiary/aromatic N) is 2. The van der Waals surface area contributed by atoms with Crippen LogP contribution in [0.15, 0.2) is 47.4 Å². The van der Waals surface area contributed by atoms with Gasteiger partial charge in [-0.25, -0.2) is 4.79 Å². The highest BCUT2D eigenvalue weighted by molar-refractivity contribution is 8.18. The molecule has 4 rings (SSSR count). The molecule has 2 aromatic carbocycles. The minimum absolute atomic E-state index is 0.169. The molecular weight excluding hydrogens is 538 g/mol. The topological polar surface area (TPSA) is 124 Å². The van der Waals surface area contributed by atoms with Crippen LogP contribution in [0.5, 0.6) is 11.5 Å². The van der Waals surface area contributed by atoms with Gasteiger partial charge in [-0.1, -0.05) is 18.2 Å². The van der Waals surface area contributed by atoms with Crippen LogP contribution >= 0.6 is 11.8 Å². The number of amides is 3. The van der Waals surface area contributed by atoms with Crippen LogP contribution in [-0.2, 0) is 23.9 Å². The third-order valence-electron chi connectivity index (χ3n) is 5.90. The van der Waals surface area contributed by atoms with E-state index in [1.165, 1.54) is 13.2 Å². The quantitative estimate of drug-likeness (QED) is 0.336. The summed E-state index contributed by atoms with van der Waals surface area (Å²) >= 11 is 0.751. The third kappa shape index (κ3) is 7.33. The fourth-order valence-corrected chi connectivity index (χ4v) is 4.95. The van der Waals surface area contributed by atoms with Crippen molar-refractivity contribution in [1.29, 1.82) is 0 Å². The molecule has 2 saturated heterocycles. The van der Waals surface area contributed by atoms with E-state index in [0.29, 0.717) is 49.1 Å². The van der Waals surface area contributed by atoms with E-state index in [-0.39, 0.29) is 17.6 Å². The van der Waals surface area contributed by atoms with Crippen LogP contribution in [0.4, 0.5) is 16.2 Å². The molecule has 0 aliphatic carbocycles. The molecule has 0 bridgehead atoms. The molecule has 0 radical (unpaired) electrons. The van der Waals surface area contributed by atoms with Gasteiger partial charge in [-0.3, -0.25) is 19.3 Å². The van der Waals surface area contributed by atoms with Gasteiger partial charge in [0.1, 0.15) is 6.54 Å². The molecule has 2 heterocycles. The van der Waals surface area contributed by atoms with Gasteiger partial charge >= 0.3 is 5.97 Å². The van der Waals surface area contributed by atoms with Crippen molar-refractivity contribution in [2.75, 3.05) is 56.8 Å². The number of carbonyl (C=O) groups is 4. The number of thioether (sulfide) groups is 1. The summed E-state index contributed by atoms with van der Waals surface area (Å²) in [5.74, 6) is -0.902. The zero-order valence-corrected chi connectivity index (χ0v) is 23.3. The Kier molecular flexibility index (Phi) is 9.67. The number of anilines is 2. The van der Waals surface area contributed by atoms with Gasteiger partial charge in [-0.05, 0) is 61.5 Å².